The molecule has 0 radical (unpaired) electrons. The van der Waals surface area contributed by atoms with E-state index in [1.807, 2.05) is 6.92 Å². The average Bonchev–Trinajstić information content (AvgIpc) is 2.67. The standard InChI is InChI=1S/C8H11BrO4S2/c1-3(9)12-6-4-2-5-8(14-4)7(6)13-15(5,10)11/h3-8H,2H2,1H3. The number of alkyl halides is 1. The molecule has 7 heteroatoms. The minimum absolute atomic E-state index is 0.0622. The maximum Gasteiger partial charge on any atom is 0.271 e. The van der Waals surface area contributed by atoms with E-state index in [-0.39, 0.29) is 33.0 Å². The van der Waals surface area contributed by atoms with Gasteiger partial charge in [-0.25, -0.2) is 0 Å². The van der Waals surface area contributed by atoms with Crippen LogP contribution in [-0.2, 0) is 19.0 Å². The van der Waals surface area contributed by atoms with Crippen molar-refractivity contribution in [1.29, 1.82) is 0 Å². The lowest BCUT2D eigenvalue weighted by molar-refractivity contribution is -0.0198. The lowest BCUT2D eigenvalue weighted by atomic mass is 9.94. The second kappa shape index (κ2) is 3.35. The Labute approximate surface area is 101 Å². The van der Waals surface area contributed by atoms with Crippen molar-refractivity contribution in [3.8, 4) is 0 Å². The van der Waals surface area contributed by atoms with Crippen molar-refractivity contribution in [3.05, 3.63) is 0 Å². The van der Waals surface area contributed by atoms with E-state index in [4.69, 9.17) is 8.92 Å². The van der Waals surface area contributed by atoms with Crippen LogP contribution in [0.25, 0.3) is 0 Å². The molecule has 86 valence electrons. The molecule has 3 rings (SSSR count). The van der Waals surface area contributed by atoms with Crippen LogP contribution in [0.1, 0.15) is 13.3 Å². The minimum Gasteiger partial charge on any atom is -0.360 e. The Kier molecular flexibility index (Phi) is 2.42. The van der Waals surface area contributed by atoms with Gasteiger partial charge in [-0.05, 0) is 13.3 Å². The number of rotatable bonds is 2. The van der Waals surface area contributed by atoms with E-state index < -0.39 is 10.1 Å². The third-order valence-electron chi connectivity index (χ3n) is 3.14. The molecule has 0 aromatic carbocycles. The number of ether oxygens (including phenoxy) is 1. The fourth-order valence-electron chi connectivity index (χ4n) is 2.61. The molecule has 0 aliphatic carbocycles. The van der Waals surface area contributed by atoms with Crippen LogP contribution in [0.4, 0.5) is 0 Å². The summed E-state index contributed by atoms with van der Waals surface area (Å²) in [6.45, 7) is 1.89. The molecule has 0 aromatic rings. The molecular formula is C8H11BrO4S2. The van der Waals surface area contributed by atoms with Gasteiger partial charge >= 0.3 is 0 Å². The molecular weight excluding hydrogens is 304 g/mol. The van der Waals surface area contributed by atoms with Crippen LogP contribution in [0.2, 0.25) is 0 Å². The zero-order valence-corrected chi connectivity index (χ0v) is 11.2. The Morgan fingerprint density at radius 3 is 3.00 bits per heavy atom. The molecule has 3 fully saturated rings. The first-order valence-electron chi connectivity index (χ1n) is 4.86. The number of halogens is 1. The molecule has 0 spiro atoms. The topological polar surface area (TPSA) is 52.6 Å². The highest BCUT2D eigenvalue weighted by atomic mass is 79.9. The maximum atomic E-state index is 11.6. The molecule has 2 bridgehead atoms. The molecule has 0 saturated carbocycles. The second-order valence-electron chi connectivity index (χ2n) is 4.11. The predicted octanol–water partition coefficient (Wildman–Crippen LogP) is 1.10. The van der Waals surface area contributed by atoms with E-state index in [2.05, 4.69) is 15.9 Å². The Morgan fingerprint density at radius 2 is 2.33 bits per heavy atom. The lowest BCUT2D eigenvalue weighted by Crippen LogP contribution is -2.41. The van der Waals surface area contributed by atoms with E-state index in [0.717, 1.165) is 0 Å². The summed E-state index contributed by atoms with van der Waals surface area (Å²) < 4.78 is 34.0. The monoisotopic (exact) mass is 314 g/mol. The molecule has 0 N–H and O–H groups in total. The molecule has 3 saturated heterocycles. The molecule has 3 aliphatic rings. The lowest BCUT2D eigenvalue weighted by Gasteiger charge is -2.24. The van der Waals surface area contributed by atoms with Crippen LogP contribution in [0.15, 0.2) is 0 Å². The number of fused-ring (bicyclic) bond motifs is 1. The summed E-state index contributed by atoms with van der Waals surface area (Å²) in [6.07, 6.45) is 0.338. The highest BCUT2D eigenvalue weighted by molar-refractivity contribution is 9.09. The Morgan fingerprint density at radius 1 is 1.60 bits per heavy atom. The third-order valence-corrected chi connectivity index (χ3v) is 6.96. The molecule has 6 unspecified atom stereocenters. The zero-order valence-electron chi connectivity index (χ0n) is 8.00. The van der Waals surface area contributed by atoms with Crippen molar-refractivity contribution in [2.75, 3.05) is 0 Å². The molecule has 4 nitrogen and oxygen atoms in total. The molecule has 3 aliphatic heterocycles. The molecule has 0 amide bonds. The highest BCUT2D eigenvalue weighted by Crippen LogP contribution is 2.56. The normalized spacial score (nSPS) is 52.3. The summed E-state index contributed by atoms with van der Waals surface area (Å²) in [5.41, 5.74) is 0. The van der Waals surface area contributed by atoms with Gasteiger partial charge in [0.05, 0.1) is 11.4 Å². The maximum absolute atomic E-state index is 11.6. The summed E-state index contributed by atoms with van der Waals surface area (Å²) in [6, 6.07) is 0. The number of thioether (sulfide) groups is 1. The van der Waals surface area contributed by atoms with Crippen LogP contribution < -0.4 is 0 Å². The van der Waals surface area contributed by atoms with Crippen molar-refractivity contribution in [2.45, 2.75) is 46.3 Å². The largest absolute Gasteiger partial charge is 0.360 e. The van der Waals surface area contributed by atoms with Gasteiger partial charge in [0.1, 0.15) is 16.4 Å². The Hall–Kier alpha value is 0.700. The van der Waals surface area contributed by atoms with Gasteiger partial charge in [-0.3, -0.25) is 4.18 Å². The van der Waals surface area contributed by atoms with E-state index in [9.17, 15) is 8.42 Å². The summed E-state index contributed by atoms with van der Waals surface area (Å²) in [5.74, 6) is 0. The van der Waals surface area contributed by atoms with E-state index in [1.165, 1.54) is 0 Å². The van der Waals surface area contributed by atoms with Crippen LogP contribution in [0, 0.1) is 0 Å². The highest BCUT2D eigenvalue weighted by Gasteiger charge is 2.65. The van der Waals surface area contributed by atoms with Gasteiger partial charge in [0.25, 0.3) is 10.1 Å². The second-order valence-corrected chi connectivity index (χ2v) is 8.61. The quantitative estimate of drug-likeness (QED) is 0.564. The summed E-state index contributed by atoms with van der Waals surface area (Å²) in [7, 11) is -3.32. The first-order valence-corrected chi connectivity index (χ1v) is 8.19. The first kappa shape index (κ1) is 10.8. The average molecular weight is 315 g/mol. The van der Waals surface area contributed by atoms with Gasteiger partial charge < -0.3 is 4.74 Å². The van der Waals surface area contributed by atoms with Crippen LogP contribution in [-0.4, -0.2) is 41.4 Å². The summed E-state index contributed by atoms with van der Waals surface area (Å²) >= 11 is 5.03. The van der Waals surface area contributed by atoms with Gasteiger partial charge in [-0.15, -0.1) is 11.8 Å². The van der Waals surface area contributed by atoms with Crippen molar-refractivity contribution in [3.63, 3.8) is 0 Å². The van der Waals surface area contributed by atoms with Crippen LogP contribution in [0.5, 0.6) is 0 Å². The first-order chi connectivity index (χ1) is 6.99. The van der Waals surface area contributed by atoms with Crippen molar-refractivity contribution >= 4 is 37.8 Å². The molecule has 6 atom stereocenters. The summed E-state index contributed by atoms with van der Waals surface area (Å²) in [4.78, 5) is 0. The van der Waals surface area contributed by atoms with Crippen molar-refractivity contribution in [2.24, 2.45) is 0 Å². The fraction of sp³-hybridized carbons (Fsp3) is 1.00. The van der Waals surface area contributed by atoms with Gasteiger partial charge in [0, 0.05) is 5.25 Å². The van der Waals surface area contributed by atoms with E-state index >= 15 is 0 Å². The Balaban J connectivity index is 1.88. The molecule has 0 aromatic heterocycles. The van der Waals surface area contributed by atoms with Crippen molar-refractivity contribution in [1.82, 2.24) is 0 Å². The van der Waals surface area contributed by atoms with Crippen LogP contribution >= 0.6 is 27.7 Å². The van der Waals surface area contributed by atoms with Gasteiger partial charge in [0.15, 0.2) is 0 Å². The Bertz CT molecular complexity index is 382. The van der Waals surface area contributed by atoms with Gasteiger partial charge in [0.2, 0.25) is 0 Å². The number of hydrogen-bond acceptors (Lipinski definition) is 5. The van der Waals surface area contributed by atoms with Crippen molar-refractivity contribution < 1.29 is 17.3 Å². The van der Waals surface area contributed by atoms with Crippen LogP contribution in [0.3, 0.4) is 0 Å². The van der Waals surface area contributed by atoms with Gasteiger partial charge in [-0.1, -0.05) is 15.9 Å². The number of hydrogen-bond donors (Lipinski definition) is 0. The fourth-order valence-corrected chi connectivity index (χ4v) is 7.00. The van der Waals surface area contributed by atoms with Gasteiger partial charge in [-0.2, -0.15) is 8.42 Å². The minimum atomic E-state index is -3.32. The van der Waals surface area contributed by atoms with E-state index in [1.54, 1.807) is 11.8 Å². The molecule has 3 heterocycles. The smallest absolute Gasteiger partial charge is 0.271 e. The molecule has 15 heavy (non-hydrogen) atoms. The SMILES string of the molecule is CC(Br)OC1C2CC3C(S2)C1OS3(=O)=O. The summed E-state index contributed by atoms with van der Waals surface area (Å²) in [5, 5.41) is 0.0225. The predicted molar refractivity (Wildman–Crippen MR) is 60.6 cm³/mol. The zero-order chi connectivity index (χ0) is 10.8. The van der Waals surface area contributed by atoms with E-state index in [0.29, 0.717) is 6.42 Å². The third kappa shape index (κ3) is 1.50.